The van der Waals surface area contributed by atoms with Crippen molar-refractivity contribution >= 4 is 27.6 Å². The number of carboxylic acid groups (broad SMARTS) is 2. The Hall–Kier alpha value is -3.34. The van der Waals surface area contributed by atoms with Gasteiger partial charge in [0.25, 0.3) is 0 Å². The summed E-state index contributed by atoms with van der Waals surface area (Å²) in [6, 6.07) is 4.94. The van der Waals surface area contributed by atoms with Crippen LogP contribution in [0.15, 0.2) is 42.9 Å². The van der Waals surface area contributed by atoms with E-state index in [9.17, 15) is 23.1 Å². The number of carboxylic acids is 2. The number of imidazole rings is 1. The molecular formula is C16H19N3O7S. The Morgan fingerprint density at radius 2 is 1.85 bits per heavy atom. The molecule has 27 heavy (non-hydrogen) atoms. The highest BCUT2D eigenvalue weighted by molar-refractivity contribution is 7.92. The van der Waals surface area contributed by atoms with Gasteiger partial charge in [-0.1, -0.05) is 12.1 Å². The van der Waals surface area contributed by atoms with Crippen molar-refractivity contribution in [1.29, 1.82) is 0 Å². The molecule has 2 rings (SSSR count). The van der Waals surface area contributed by atoms with Crippen LogP contribution in [0.3, 0.4) is 0 Å². The number of H-pyrrole nitrogens is 1. The van der Waals surface area contributed by atoms with Crippen molar-refractivity contribution in [2.75, 3.05) is 10.5 Å². The topological polar surface area (TPSA) is 170 Å². The van der Waals surface area contributed by atoms with Crippen LogP contribution in [0, 0.1) is 0 Å². The van der Waals surface area contributed by atoms with Gasteiger partial charge in [-0.2, -0.15) is 0 Å². The van der Waals surface area contributed by atoms with Gasteiger partial charge in [0.15, 0.2) is 0 Å². The molecule has 0 amide bonds. The number of nitrogens with one attached hydrogen (secondary N) is 2. The van der Waals surface area contributed by atoms with E-state index < -0.39 is 22.0 Å². The number of rotatable bonds is 7. The molecular weight excluding hydrogens is 378 g/mol. The largest absolute Gasteiger partial charge is 0.505 e. The van der Waals surface area contributed by atoms with Gasteiger partial charge in [-0.15, -0.1) is 0 Å². The molecule has 0 bridgehead atoms. The van der Waals surface area contributed by atoms with Crippen LogP contribution in [0.5, 0.6) is 5.75 Å². The standard InChI is InChI=1S/C12H15N3O3S.C4H4O4/c1-2-19(17,18)15-11-5-3-4-9(12(11)16)6-10-7-13-8-14-10;5-3(6)1-2-4(7)8/h3-5,7-8,15-16H,2,6H2,1H3,(H,13,14);1-2H,(H,5,6)(H,7,8). The van der Waals surface area contributed by atoms with Crippen LogP contribution in [0.1, 0.15) is 18.2 Å². The number of phenols is 1. The Labute approximate surface area is 155 Å². The molecule has 0 atom stereocenters. The number of hydrogen-bond donors (Lipinski definition) is 5. The van der Waals surface area contributed by atoms with E-state index in [0.717, 1.165) is 5.69 Å². The quantitative estimate of drug-likeness (QED) is 0.342. The van der Waals surface area contributed by atoms with Crippen LogP contribution in [0.25, 0.3) is 0 Å². The zero-order chi connectivity index (χ0) is 20.4. The number of hydrogen-bond acceptors (Lipinski definition) is 6. The van der Waals surface area contributed by atoms with Crippen molar-refractivity contribution in [2.24, 2.45) is 0 Å². The fourth-order valence-electron chi connectivity index (χ4n) is 1.78. The molecule has 0 aliphatic rings. The summed E-state index contributed by atoms with van der Waals surface area (Å²) in [5, 5.41) is 25.7. The Bertz CT molecular complexity index is 890. The molecule has 1 aromatic carbocycles. The van der Waals surface area contributed by atoms with E-state index >= 15 is 0 Å². The number of benzene rings is 1. The highest BCUT2D eigenvalue weighted by atomic mass is 32.2. The minimum atomic E-state index is -3.41. The minimum absolute atomic E-state index is 0.0456. The zero-order valence-electron chi connectivity index (χ0n) is 14.3. The Morgan fingerprint density at radius 3 is 2.33 bits per heavy atom. The van der Waals surface area contributed by atoms with Crippen LogP contribution < -0.4 is 4.72 Å². The fourth-order valence-corrected chi connectivity index (χ4v) is 2.43. The molecule has 0 radical (unpaired) electrons. The number of aliphatic carboxylic acids is 2. The van der Waals surface area contributed by atoms with Crippen molar-refractivity contribution in [1.82, 2.24) is 9.97 Å². The number of para-hydroxylation sites is 1. The van der Waals surface area contributed by atoms with Crippen molar-refractivity contribution < 1.29 is 33.3 Å². The van der Waals surface area contributed by atoms with Crippen LogP contribution in [-0.2, 0) is 26.0 Å². The molecule has 0 saturated heterocycles. The summed E-state index contributed by atoms with van der Waals surface area (Å²) in [7, 11) is -3.41. The molecule has 5 N–H and O–H groups in total. The lowest BCUT2D eigenvalue weighted by Crippen LogP contribution is -2.14. The van der Waals surface area contributed by atoms with Gasteiger partial charge in [0.1, 0.15) is 5.75 Å². The SMILES string of the molecule is CCS(=O)(=O)Nc1cccc(Cc2c[nH]cn2)c1O.O=C(O)C=CC(=O)O. The predicted octanol–water partition coefficient (Wildman–Crippen LogP) is 1.18. The third kappa shape index (κ3) is 8.05. The Morgan fingerprint density at radius 1 is 1.22 bits per heavy atom. The molecule has 1 aromatic heterocycles. The summed E-state index contributed by atoms with van der Waals surface area (Å²) < 4.78 is 25.4. The summed E-state index contributed by atoms with van der Waals surface area (Å²) in [5.41, 5.74) is 1.57. The summed E-state index contributed by atoms with van der Waals surface area (Å²) in [6.07, 6.45) is 4.82. The van der Waals surface area contributed by atoms with E-state index in [4.69, 9.17) is 10.2 Å². The molecule has 11 heteroatoms. The van der Waals surface area contributed by atoms with Crippen molar-refractivity contribution in [3.05, 3.63) is 54.1 Å². The Balaban J connectivity index is 0.000000387. The summed E-state index contributed by atoms with van der Waals surface area (Å²) in [6.45, 7) is 1.53. The molecule has 0 unspecified atom stereocenters. The number of nitrogens with zero attached hydrogens (tertiary/aromatic N) is 1. The normalized spacial score (nSPS) is 10.9. The summed E-state index contributed by atoms with van der Waals surface area (Å²) in [5.74, 6) is -2.63. The van der Waals surface area contributed by atoms with E-state index in [-0.39, 0.29) is 17.2 Å². The van der Waals surface area contributed by atoms with Gasteiger partial charge in [-0.25, -0.2) is 23.0 Å². The molecule has 0 aliphatic heterocycles. The number of aromatic amines is 1. The number of anilines is 1. The van der Waals surface area contributed by atoms with Gasteiger partial charge in [0.2, 0.25) is 10.0 Å². The van der Waals surface area contributed by atoms with Crippen molar-refractivity contribution in [3.8, 4) is 5.75 Å². The van der Waals surface area contributed by atoms with E-state index in [1.54, 1.807) is 24.7 Å². The van der Waals surface area contributed by atoms with E-state index in [1.165, 1.54) is 13.0 Å². The molecule has 146 valence electrons. The Kier molecular flexibility index (Phi) is 8.01. The fraction of sp³-hybridized carbons (Fsp3) is 0.188. The van der Waals surface area contributed by atoms with Gasteiger partial charge in [-0.05, 0) is 13.0 Å². The van der Waals surface area contributed by atoms with Crippen molar-refractivity contribution in [3.63, 3.8) is 0 Å². The molecule has 10 nitrogen and oxygen atoms in total. The highest BCUT2D eigenvalue weighted by Gasteiger charge is 2.13. The molecule has 0 aliphatic carbocycles. The summed E-state index contributed by atoms with van der Waals surface area (Å²) in [4.78, 5) is 26.0. The molecule has 1 heterocycles. The first-order valence-electron chi connectivity index (χ1n) is 7.57. The molecule has 0 fully saturated rings. The predicted molar refractivity (Wildman–Crippen MR) is 97.0 cm³/mol. The number of aromatic nitrogens is 2. The smallest absolute Gasteiger partial charge is 0.328 e. The van der Waals surface area contributed by atoms with Crippen LogP contribution in [0.4, 0.5) is 5.69 Å². The van der Waals surface area contributed by atoms with Gasteiger partial charge in [0.05, 0.1) is 23.5 Å². The number of aromatic hydroxyl groups is 1. The monoisotopic (exact) mass is 397 g/mol. The van der Waals surface area contributed by atoms with E-state index in [1.807, 2.05) is 0 Å². The maximum absolute atomic E-state index is 11.5. The second kappa shape index (κ2) is 9.97. The van der Waals surface area contributed by atoms with E-state index in [0.29, 0.717) is 24.1 Å². The van der Waals surface area contributed by atoms with Crippen LogP contribution in [0.2, 0.25) is 0 Å². The van der Waals surface area contributed by atoms with Gasteiger partial charge < -0.3 is 20.3 Å². The molecule has 0 spiro atoms. The lowest BCUT2D eigenvalue weighted by atomic mass is 10.1. The van der Waals surface area contributed by atoms with Crippen LogP contribution >= 0.6 is 0 Å². The van der Waals surface area contributed by atoms with Gasteiger partial charge in [0, 0.05) is 30.3 Å². The highest BCUT2D eigenvalue weighted by Crippen LogP contribution is 2.29. The number of sulfonamides is 1. The first-order valence-corrected chi connectivity index (χ1v) is 9.22. The lowest BCUT2D eigenvalue weighted by molar-refractivity contribution is -0.134. The number of phenolic OH excluding ortho intramolecular Hbond substituents is 1. The first-order chi connectivity index (χ1) is 12.6. The maximum atomic E-state index is 11.5. The second-order valence-corrected chi connectivity index (χ2v) is 7.08. The summed E-state index contributed by atoms with van der Waals surface area (Å²) >= 11 is 0. The van der Waals surface area contributed by atoms with Crippen LogP contribution in [-0.4, -0.2) is 51.4 Å². The third-order valence-corrected chi connectivity index (χ3v) is 4.35. The van der Waals surface area contributed by atoms with Gasteiger partial charge in [-0.3, -0.25) is 4.72 Å². The second-order valence-electron chi connectivity index (χ2n) is 5.07. The average Bonchev–Trinajstić information content (AvgIpc) is 3.10. The average molecular weight is 397 g/mol. The van der Waals surface area contributed by atoms with Gasteiger partial charge >= 0.3 is 11.9 Å². The minimum Gasteiger partial charge on any atom is -0.505 e. The van der Waals surface area contributed by atoms with E-state index in [2.05, 4.69) is 14.7 Å². The molecule has 0 saturated carbocycles. The van der Waals surface area contributed by atoms with Crippen molar-refractivity contribution in [2.45, 2.75) is 13.3 Å². The first kappa shape index (κ1) is 21.7. The molecule has 2 aromatic rings. The third-order valence-electron chi connectivity index (χ3n) is 3.06. The zero-order valence-corrected chi connectivity index (χ0v) is 15.1. The maximum Gasteiger partial charge on any atom is 0.328 e. The number of carbonyl (C=O) groups is 2. The lowest BCUT2D eigenvalue weighted by Gasteiger charge is -2.11.